The highest BCUT2D eigenvalue weighted by molar-refractivity contribution is 7.89. The fraction of sp³-hybridized carbons (Fsp3) is 0.357. The Morgan fingerprint density at radius 1 is 1.24 bits per heavy atom. The second kappa shape index (κ2) is 6.73. The molecule has 1 aromatic carbocycles. The van der Waals surface area contributed by atoms with E-state index in [4.69, 9.17) is 0 Å². The van der Waals surface area contributed by atoms with Crippen LogP contribution in [0.4, 0.5) is 5.69 Å². The number of nitrogens with zero attached hydrogens (tertiary/aromatic N) is 2. The summed E-state index contributed by atoms with van der Waals surface area (Å²) in [5.41, 5.74) is 1.30. The summed E-state index contributed by atoms with van der Waals surface area (Å²) in [5, 5.41) is 7.29. The lowest BCUT2D eigenvalue weighted by molar-refractivity contribution is 0.579. The maximum absolute atomic E-state index is 12.4. The number of hydrogen-bond donors (Lipinski definition) is 2. The zero-order valence-electron chi connectivity index (χ0n) is 12.2. The molecule has 0 amide bonds. The van der Waals surface area contributed by atoms with Crippen LogP contribution in [0.2, 0.25) is 0 Å². The van der Waals surface area contributed by atoms with Gasteiger partial charge in [-0.15, -0.1) is 0 Å². The highest BCUT2D eigenvalue weighted by atomic mass is 32.2. The molecule has 1 heterocycles. The minimum atomic E-state index is -3.57. The second-order valence-corrected chi connectivity index (χ2v) is 6.46. The predicted molar refractivity (Wildman–Crippen MR) is 82.5 cm³/mol. The zero-order chi connectivity index (χ0) is 15.3. The van der Waals surface area contributed by atoms with Gasteiger partial charge in [-0.1, -0.05) is 19.1 Å². The number of benzene rings is 1. The van der Waals surface area contributed by atoms with Gasteiger partial charge in [0.2, 0.25) is 10.0 Å². The molecule has 0 aliphatic heterocycles. The molecule has 0 bridgehead atoms. The number of aromatic nitrogens is 2. The van der Waals surface area contributed by atoms with E-state index in [0.717, 1.165) is 13.0 Å². The first-order valence-corrected chi connectivity index (χ1v) is 8.32. The Morgan fingerprint density at radius 3 is 2.67 bits per heavy atom. The molecule has 2 rings (SSSR count). The molecule has 1 aromatic heterocycles. The molecule has 2 aromatic rings. The molecule has 0 fully saturated rings. The van der Waals surface area contributed by atoms with Gasteiger partial charge in [0.25, 0.3) is 0 Å². The number of anilines is 1. The first-order valence-electron chi connectivity index (χ1n) is 6.84. The summed E-state index contributed by atoms with van der Waals surface area (Å²) in [7, 11) is -1.78. The van der Waals surface area contributed by atoms with Crippen LogP contribution in [0, 0.1) is 0 Å². The third-order valence-corrected chi connectivity index (χ3v) is 4.41. The summed E-state index contributed by atoms with van der Waals surface area (Å²) in [5.74, 6) is 0. The lowest BCUT2D eigenvalue weighted by Crippen LogP contribution is -2.24. The van der Waals surface area contributed by atoms with E-state index in [1.807, 2.05) is 13.0 Å². The van der Waals surface area contributed by atoms with Gasteiger partial charge in [-0.3, -0.25) is 4.68 Å². The van der Waals surface area contributed by atoms with Crippen molar-refractivity contribution in [1.29, 1.82) is 0 Å². The Bertz CT molecular complexity index is 695. The normalized spacial score (nSPS) is 11.5. The van der Waals surface area contributed by atoms with E-state index in [9.17, 15) is 8.42 Å². The molecule has 0 unspecified atom stereocenters. The standard InChI is InChI=1S/C14H20N4O2S/c1-3-9-15-13-6-4-5-7-14(13)21(19,20)16-11-12-8-10-18(2)17-12/h4-8,10,15-16H,3,9,11H2,1-2H3. The maximum atomic E-state index is 12.4. The zero-order valence-corrected chi connectivity index (χ0v) is 13.0. The Morgan fingerprint density at radius 2 is 2.00 bits per heavy atom. The fourth-order valence-electron chi connectivity index (χ4n) is 1.91. The third kappa shape index (κ3) is 4.05. The van der Waals surface area contributed by atoms with Crippen LogP contribution in [0.25, 0.3) is 0 Å². The molecule has 0 aliphatic carbocycles. The number of aryl methyl sites for hydroxylation is 1. The Labute approximate surface area is 125 Å². The van der Waals surface area contributed by atoms with Crippen molar-refractivity contribution in [2.24, 2.45) is 7.05 Å². The Kier molecular flexibility index (Phi) is 4.98. The van der Waals surface area contributed by atoms with Crippen LogP contribution in [-0.2, 0) is 23.6 Å². The van der Waals surface area contributed by atoms with E-state index in [-0.39, 0.29) is 11.4 Å². The topological polar surface area (TPSA) is 76.0 Å². The van der Waals surface area contributed by atoms with E-state index >= 15 is 0 Å². The van der Waals surface area contributed by atoms with Crippen molar-refractivity contribution < 1.29 is 8.42 Å². The van der Waals surface area contributed by atoms with Gasteiger partial charge in [-0.05, 0) is 24.6 Å². The van der Waals surface area contributed by atoms with E-state index in [2.05, 4.69) is 15.1 Å². The molecule has 0 atom stereocenters. The number of hydrogen-bond acceptors (Lipinski definition) is 4. The first-order chi connectivity index (χ1) is 10.0. The highest BCUT2D eigenvalue weighted by Gasteiger charge is 2.18. The average molecular weight is 308 g/mol. The summed E-state index contributed by atoms with van der Waals surface area (Å²) >= 11 is 0. The van der Waals surface area contributed by atoms with Gasteiger partial charge < -0.3 is 5.32 Å². The van der Waals surface area contributed by atoms with Crippen molar-refractivity contribution in [3.8, 4) is 0 Å². The van der Waals surface area contributed by atoms with Crippen LogP contribution in [0.3, 0.4) is 0 Å². The average Bonchev–Trinajstić information content (AvgIpc) is 2.89. The van der Waals surface area contributed by atoms with Gasteiger partial charge in [0.15, 0.2) is 0 Å². The highest BCUT2D eigenvalue weighted by Crippen LogP contribution is 2.20. The van der Waals surface area contributed by atoms with Gasteiger partial charge >= 0.3 is 0 Å². The van der Waals surface area contributed by atoms with Gasteiger partial charge in [0, 0.05) is 19.8 Å². The van der Waals surface area contributed by atoms with E-state index in [1.165, 1.54) is 0 Å². The molecule has 0 spiro atoms. The van der Waals surface area contributed by atoms with Crippen molar-refractivity contribution in [1.82, 2.24) is 14.5 Å². The Balaban J connectivity index is 2.15. The summed E-state index contributed by atoms with van der Waals surface area (Å²) in [6.45, 7) is 2.93. The molecule has 2 N–H and O–H groups in total. The molecule has 21 heavy (non-hydrogen) atoms. The van der Waals surface area contributed by atoms with Crippen LogP contribution in [0.15, 0.2) is 41.4 Å². The molecule has 114 valence electrons. The minimum absolute atomic E-state index is 0.172. The van der Waals surface area contributed by atoms with Crippen LogP contribution < -0.4 is 10.0 Å². The van der Waals surface area contributed by atoms with E-state index in [1.54, 1.807) is 42.2 Å². The number of para-hydroxylation sites is 1. The molecule has 6 nitrogen and oxygen atoms in total. The third-order valence-electron chi connectivity index (χ3n) is 2.95. The number of sulfonamides is 1. The number of rotatable bonds is 7. The van der Waals surface area contributed by atoms with Crippen molar-refractivity contribution >= 4 is 15.7 Å². The summed E-state index contributed by atoms with van der Waals surface area (Å²) in [4.78, 5) is 0.259. The fourth-order valence-corrected chi connectivity index (χ4v) is 3.09. The van der Waals surface area contributed by atoms with Gasteiger partial charge in [-0.2, -0.15) is 5.10 Å². The Hall–Kier alpha value is -1.86. The molecule has 0 saturated heterocycles. The van der Waals surface area contributed by atoms with Crippen LogP contribution >= 0.6 is 0 Å². The monoisotopic (exact) mass is 308 g/mol. The van der Waals surface area contributed by atoms with Crippen molar-refractivity contribution in [3.05, 3.63) is 42.2 Å². The maximum Gasteiger partial charge on any atom is 0.242 e. The lowest BCUT2D eigenvalue weighted by Gasteiger charge is -2.12. The molecule has 7 heteroatoms. The van der Waals surface area contributed by atoms with Crippen LogP contribution in [0.1, 0.15) is 19.0 Å². The van der Waals surface area contributed by atoms with Gasteiger partial charge in [-0.25, -0.2) is 13.1 Å². The largest absolute Gasteiger partial charge is 0.384 e. The molecule has 0 aliphatic rings. The van der Waals surface area contributed by atoms with Crippen molar-refractivity contribution in [3.63, 3.8) is 0 Å². The smallest absolute Gasteiger partial charge is 0.242 e. The summed E-state index contributed by atoms with van der Waals surface area (Å²) in [6.07, 6.45) is 2.70. The SMILES string of the molecule is CCCNc1ccccc1S(=O)(=O)NCc1ccn(C)n1. The van der Waals surface area contributed by atoms with Crippen molar-refractivity contribution in [2.45, 2.75) is 24.8 Å². The van der Waals surface area contributed by atoms with Gasteiger partial charge in [0.05, 0.1) is 17.9 Å². The van der Waals surface area contributed by atoms with Gasteiger partial charge in [0.1, 0.15) is 4.90 Å². The molecule has 0 radical (unpaired) electrons. The summed E-state index contributed by atoms with van der Waals surface area (Å²) in [6, 6.07) is 8.68. The molecule has 0 saturated carbocycles. The summed E-state index contributed by atoms with van der Waals surface area (Å²) < 4.78 is 29.0. The first kappa shape index (κ1) is 15.5. The minimum Gasteiger partial charge on any atom is -0.384 e. The van der Waals surface area contributed by atoms with Crippen LogP contribution in [0.5, 0.6) is 0 Å². The number of nitrogens with one attached hydrogen (secondary N) is 2. The van der Waals surface area contributed by atoms with Crippen LogP contribution in [-0.4, -0.2) is 24.7 Å². The second-order valence-electron chi connectivity index (χ2n) is 4.73. The lowest BCUT2D eigenvalue weighted by atomic mass is 10.3. The van der Waals surface area contributed by atoms with E-state index < -0.39 is 10.0 Å². The van der Waals surface area contributed by atoms with Crippen molar-refractivity contribution in [2.75, 3.05) is 11.9 Å². The molecular formula is C14H20N4O2S. The molecular weight excluding hydrogens is 288 g/mol. The van der Waals surface area contributed by atoms with E-state index in [0.29, 0.717) is 11.4 Å². The quantitative estimate of drug-likeness (QED) is 0.816. The predicted octanol–water partition coefficient (Wildman–Crippen LogP) is 1.72.